The Morgan fingerprint density at radius 2 is 1.77 bits per heavy atom. The Morgan fingerprint density at radius 1 is 1.12 bits per heavy atom. The lowest BCUT2D eigenvalue weighted by molar-refractivity contribution is -0.129. The topological polar surface area (TPSA) is 86.7 Å². The molecule has 0 aliphatic heterocycles. The van der Waals surface area contributed by atoms with Gasteiger partial charge in [0.1, 0.15) is 0 Å². The summed E-state index contributed by atoms with van der Waals surface area (Å²) in [6.07, 6.45) is 0.163. The van der Waals surface area contributed by atoms with Crippen LogP contribution < -0.4 is 4.72 Å². The van der Waals surface area contributed by atoms with E-state index in [2.05, 4.69) is 4.72 Å². The summed E-state index contributed by atoms with van der Waals surface area (Å²) in [4.78, 5) is 13.4. The Kier molecular flexibility index (Phi) is 6.88. The third-order valence-corrected chi connectivity index (χ3v) is 5.74. The summed E-state index contributed by atoms with van der Waals surface area (Å²) in [7, 11) is -2.20. The molecule has 0 aromatic heterocycles. The number of anilines is 1. The number of nitrogens with one attached hydrogen (secondary N) is 1. The van der Waals surface area contributed by atoms with Crippen LogP contribution in [0.15, 0.2) is 47.4 Å². The minimum atomic E-state index is -3.81. The van der Waals surface area contributed by atoms with Crippen molar-refractivity contribution in [1.82, 2.24) is 4.90 Å². The molecule has 0 saturated heterocycles. The summed E-state index contributed by atoms with van der Waals surface area (Å²) in [6, 6.07) is 10.5. The summed E-state index contributed by atoms with van der Waals surface area (Å²) >= 11 is 11.7. The SMILES string of the molecule is CN(CCO)C(=O)Cc1ccc(NS(=O)(=O)c2ccc(Cl)c(Cl)c2)cc1. The average Bonchev–Trinajstić information content (AvgIpc) is 2.59. The van der Waals surface area contributed by atoms with Crippen molar-refractivity contribution in [3.8, 4) is 0 Å². The molecule has 0 spiro atoms. The number of aliphatic hydroxyl groups excluding tert-OH is 1. The summed E-state index contributed by atoms with van der Waals surface area (Å²) < 4.78 is 27.2. The van der Waals surface area contributed by atoms with Crippen LogP contribution in [-0.2, 0) is 21.2 Å². The monoisotopic (exact) mass is 416 g/mol. The number of aliphatic hydroxyl groups is 1. The van der Waals surface area contributed by atoms with E-state index in [9.17, 15) is 13.2 Å². The number of halogens is 2. The Labute approximate surface area is 162 Å². The predicted molar refractivity (Wildman–Crippen MR) is 102 cm³/mol. The minimum absolute atomic E-state index is 0.00298. The van der Waals surface area contributed by atoms with Crippen LogP contribution in [0.2, 0.25) is 10.0 Å². The first kappa shape index (κ1) is 20.5. The van der Waals surface area contributed by atoms with Crippen molar-refractivity contribution in [2.75, 3.05) is 24.9 Å². The lowest BCUT2D eigenvalue weighted by Gasteiger charge is -2.15. The van der Waals surface area contributed by atoms with Crippen LogP contribution in [-0.4, -0.2) is 44.5 Å². The highest BCUT2D eigenvalue weighted by Crippen LogP contribution is 2.26. The van der Waals surface area contributed by atoms with E-state index >= 15 is 0 Å². The molecule has 0 saturated carbocycles. The fourth-order valence-electron chi connectivity index (χ4n) is 2.13. The normalized spacial score (nSPS) is 11.2. The summed E-state index contributed by atoms with van der Waals surface area (Å²) in [5, 5.41) is 9.27. The van der Waals surface area contributed by atoms with Crippen molar-refractivity contribution < 1.29 is 18.3 Å². The Morgan fingerprint density at radius 3 is 2.35 bits per heavy atom. The van der Waals surface area contributed by atoms with Crippen LogP contribution in [0.25, 0.3) is 0 Å². The first-order chi connectivity index (χ1) is 12.2. The van der Waals surface area contributed by atoms with E-state index in [1.165, 1.54) is 23.1 Å². The van der Waals surface area contributed by atoms with Gasteiger partial charge >= 0.3 is 0 Å². The third-order valence-electron chi connectivity index (χ3n) is 3.62. The summed E-state index contributed by atoms with van der Waals surface area (Å²) in [6.45, 7) is 0.165. The average molecular weight is 417 g/mol. The van der Waals surface area contributed by atoms with Crippen molar-refractivity contribution in [2.45, 2.75) is 11.3 Å². The van der Waals surface area contributed by atoms with Crippen LogP contribution >= 0.6 is 23.2 Å². The van der Waals surface area contributed by atoms with E-state index in [-0.39, 0.29) is 40.4 Å². The first-order valence-corrected chi connectivity index (χ1v) is 9.88. The van der Waals surface area contributed by atoms with E-state index in [1.807, 2.05) is 0 Å². The van der Waals surface area contributed by atoms with Crippen molar-refractivity contribution in [3.05, 3.63) is 58.1 Å². The maximum Gasteiger partial charge on any atom is 0.261 e. The molecule has 0 radical (unpaired) electrons. The maximum absolute atomic E-state index is 12.4. The molecule has 0 unspecified atom stereocenters. The van der Waals surface area contributed by atoms with Gasteiger partial charge in [0.2, 0.25) is 5.91 Å². The smallest absolute Gasteiger partial charge is 0.261 e. The first-order valence-electron chi connectivity index (χ1n) is 7.64. The Hall–Kier alpha value is -1.80. The molecular formula is C17H18Cl2N2O4S. The molecule has 2 N–H and O–H groups in total. The Balaban J connectivity index is 2.08. The van der Waals surface area contributed by atoms with Gasteiger partial charge in [0, 0.05) is 19.3 Å². The third kappa shape index (κ3) is 5.35. The van der Waals surface area contributed by atoms with Crippen LogP contribution in [0, 0.1) is 0 Å². The number of nitrogens with zero attached hydrogens (tertiary/aromatic N) is 1. The van der Waals surface area contributed by atoms with E-state index in [0.29, 0.717) is 5.69 Å². The standard InChI is InChI=1S/C17H18Cl2N2O4S/c1-21(8-9-22)17(23)10-12-2-4-13(5-3-12)20-26(24,25)14-6-7-15(18)16(19)11-14/h2-7,11,20,22H,8-10H2,1H3. The second-order valence-electron chi connectivity index (χ2n) is 5.59. The summed E-state index contributed by atoms with van der Waals surface area (Å²) in [5.74, 6) is -0.136. The molecule has 9 heteroatoms. The van der Waals surface area contributed by atoms with Gasteiger partial charge in [-0.3, -0.25) is 9.52 Å². The largest absolute Gasteiger partial charge is 0.395 e. The highest BCUT2D eigenvalue weighted by atomic mass is 35.5. The van der Waals surface area contributed by atoms with Crippen LogP contribution in [0.4, 0.5) is 5.69 Å². The van der Waals surface area contributed by atoms with Crippen LogP contribution in [0.1, 0.15) is 5.56 Å². The van der Waals surface area contributed by atoms with Gasteiger partial charge in [-0.25, -0.2) is 8.42 Å². The predicted octanol–water partition coefficient (Wildman–Crippen LogP) is 2.79. The van der Waals surface area contributed by atoms with E-state index < -0.39 is 10.0 Å². The van der Waals surface area contributed by atoms with Gasteiger partial charge in [-0.15, -0.1) is 0 Å². The molecule has 26 heavy (non-hydrogen) atoms. The molecule has 2 aromatic carbocycles. The zero-order chi connectivity index (χ0) is 19.3. The number of carbonyl (C=O) groups excluding carboxylic acids is 1. The lowest BCUT2D eigenvalue weighted by atomic mass is 10.1. The van der Waals surface area contributed by atoms with E-state index in [1.54, 1.807) is 31.3 Å². The van der Waals surface area contributed by atoms with E-state index in [0.717, 1.165) is 5.56 Å². The second kappa shape index (κ2) is 8.73. The van der Waals surface area contributed by atoms with Crippen LogP contribution in [0.3, 0.4) is 0 Å². The molecular weight excluding hydrogens is 399 g/mol. The van der Waals surface area contributed by atoms with Gasteiger partial charge in [0.05, 0.1) is 28.0 Å². The van der Waals surface area contributed by atoms with Crippen molar-refractivity contribution >= 4 is 44.8 Å². The number of sulfonamides is 1. The van der Waals surface area contributed by atoms with E-state index in [4.69, 9.17) is 28.3 Å². The quantitative estimate of drug-likeness (QED) is 0.726. The molecule has 0 heterocycles. The number of amides is 1. The fraction of sp³-hybridized carbons (Fsp3) is 0.235. The van der Waals surface area contributed by atoms with Gasteiger partial charge in [-0.05, 0) is 35.9 Å². The molecule has 0 bridgehead atoms. The molecule has 140 valence electrons. The van der Waals surface area contributed by atoms with Gasteiger partial charge in [0.25, 0.3) is 10.0 Å². The molecule has 0 fully saturated rings. The molecule has 2 aromatic rings. The number of likely N-dealkylation sites (N-methyl/N-ethyl adjacent to an activating group) is 1. The van der Waals surface area contributed by atoms with Crippen molar-refractivity contribution in [1.29, 1.82) is 0 Å². The second-order valence-corrected chi connectivity index (χ2v) is 8.09. The number of carbonyl (C=O) groups is 1. The number of hydrogen-bond donors (Lipinski definition) is 2. The van der Waals surface area contributed by atoms with Gasteiger partial charge in [-0.1, -0.05) is 35.3 Å². The molecule has 6 nitrogen and oxygen atoms in total. The number of rotatable bonds is 7. The zero-order valence-electron chi connectivity index (χ0n) is 13.9. The maximum atomic E-state index is 12.4. The minimum Gasteiger partial charge on any atom is -0.395 e. The highest BCUT2D eigenvalue weighted by Gasteiger charge is 2.16. The van der Waals surface area contributed by atoms with Gasteiger partial charge in [0.15, 0.2) is 0 Å². The van der Waals surface area contributed by atoms with Crippen molar-refractivity contribution in [3.63, 3.8) is 0 Å². The highest BCUT2D eigenvalue weighted by molar-refractivity contribution is 7.92. The molecule has 0 aliphatic rings. The van der Waals surface area contributed by atoms with Crippen molar-refractivity contribution in [2.24, 2.45) is 0 Å². The zero-order valence-corrected chi connectivity index (χ0v) is 16.3. The van der Waals surface area contributed by atoms with Crippen LogP contribution in [0.5, 0.6) is 0 Å². The Bertz CT molecular complexity index is 886. The molecule has 0 atom stereocenters. The molecule has 2 rings (SSSR count). The van der Waals surface area contributed by atoms with Gasteiger partial charge < -0.3 is 10.0 Å². The fourth-order valence-corrected chi connectivity index (χ4v) is 3.58. The summed E-state index contributed by atoms with van der Waals surface area (Å²) in [5.41, 5.74) is 1.09. The molecule has 1 amide bonds. The van der Waals surface area contributed by atoms with Gasteiger partial charge in [-0.2, -0.15) is 0 Å². The number of benzene rings is 2. The molecule has 0 aliphatic carbocycles. The number of hydrogen-bond acceptors (Lipinski definition) is 4. The lowest BCUT2D eigenvalue weighted by Crippen LogP contribution is -2.30.